The molecule has 0 heterocycles. The molecule has 8 unspecified atom stereocenters. The lowest BCUT2D eigenvalue weighted by Gasteiger charge is -2.59. The summed E-state index contributed by atoms with van der Waals surface area (Å²) in [7, 11) is 0. The fraction of sp³-hybridized carbons (Fsp3) is 1.00. The third-order valence-electron chi connectivity index (χ3n) is 10.6. The minimum atomic E-state index is 0.464. The summed E-state index contributed by atoms with van der Waals surface area (Å²) >= 11 is 0. The van der Waals surface area contributed by atoms with Gasteiger partial charge in [-0.1, -0.05) is 114 Å². The predicted molar refractivity (Wildman–Crippen MR) is 131 cm³/mol. The van der Waals surface area contributed by atoms with Crippen LogP contribution in [0.2, 0.25) is 0 Å². The number of rotatable bonds is 6. The van der Waals surface area contributed by atoms with E-state index in [0.717, 1.165) is 59.2 Å². The Balaban J connectivity index is 2.54. The van der Waals surface area contributed by atoms with Crippen LogP contribution in [0.3, 0.4) is 0 Å². The summed E-state index contributed by atoms with van der Waals surface area (Å²) < 4.78 is 0. The number of hydrogen-bond acceptors (Lipinski definition) is 0. The van der Waals surface area contributed by atoms with Gasteiger partial charge in [-0.05, 0) is 71.0 Å². The third kappa shape index (κ3) is 5.09. The third-order valence-corrected chi connectivity index (χ3v) is 10.6. The van der Waals surface area contributed by atoms with Gasteiger partial charge < -0.3 is 0 Å². The van der Waals surface area contributed by atoms with Gasteiger partial charge in [-0.2, -0.15) is 0 Å². The van der Waals surface area contributed by atoms with Crippen LogP contribution in [0.4, 0.5) is 0 Å². The van der Waals surface area contributed by atoms with Gasteiger partial charge >= 0.3 is 0 Å². The minimum absolute atomic E-state index is 0.464. The van der Waals surface area contributed by atoms with E-state index in [1.54, 1.807) is 0 Å². The van der Waals surface area contributed by atoms with Crippen molar-refractivity contribution in [2.45, 2.75) is 121 Å². The summed E-state index contributed by atoms with van der Waals surface area (Å²) in [5.41, 5.74) is 0.464. The van der Waals surface area contributed by atoms with Gasteiger partial charge in [0.2, 0.25) is 0 Å². The second kappa shape index (κ2) is 10.5. The lowest BCUT2D eigenvalue weighted by Crippen LogP contribution is -2.53. The van der Waals surface area contributed by atoms with Crippen LogP contribution in [0, 0.1) is 64.6 Å². The van der Waals surface area contributed by atoms with Gasteiger partial charge in [0.25, 0.3) is 0 Å². The molecule has 172 valence electrons. The van der Waals surface area contributed by atoms with E-state index < -0.39 is 0 Å². The topological polar surface area (TPSA) is 0 Å². The summed E-state index contributed by atoms with van der Waals surface area (Å²) in [5.74, 6) is 8.55. The standard InChI is InChI=1S/C29H56/c1-11-15-26-18-27(19(2)3)22(7)21(6)23(8)29(10,28(26)20(4)5)24(9)25-16-13-12-14-17-25/h19-28H,11-18H2,1-10H3. The monoisotopic (exact) mass is 404 g/mol. The molecule has 0 aromatic carbocycles. The molecule has 2 rings (SSSR count). The Bertz CT molecular complexity index is 470. The molecule has 0 aromatic heterocycles. The Morgan fingerprint density at radius 1 is 0.828 bits per heavy atom. The highest BCUT2D eigenvalue weighted by molar-refractivity contribution is 5.01. The van der Waals surface area contributed by atoms with Gasteiger partial charge in [-0.25, -0.2) is 0 Å². The molecule has 2 fully saturated rings. The normalized spacial score (nSPS) is 41.4. The summed E-state index contributed by atoms with van der Waals surface area (Å²) in [6.07, 6.45) is 11.7. The summed E-state index contributed by atoms with van der Waals surface area (Å²) in [6, 6.07) is 0. The van der Waals surface area contributed by atoms with E-state index in [0.29, 0.717) is 5.41 Å². The first-order valence-corrected chi connectivity index (χ1v) is 13.6. The first-order valence-electron chi connectivity index (χ1n) is 13.6. The molecule has 0 heteroatoms. The molecule has 0 spiro atoms. The van der Waals surface area contributed by atoms with Crippen molar-refractivity contribution < 1.29 is 0 Å². The molecule has 0 amide bonds. The van der Waals surface area contributed by atoms with Crippen LogP contribution in [-0.4, -0.2) is 0 Å². The van der Waals surface area contributed by atoms with Crippen molar-refractivity contribution in [1.29, 1.82) is 0 Å². The molecule has 8 atom stereocenters. The molecule has 0 N–H and O–H groups in total. The zero-order valence-electron chi connectivity index (χ0n) is 21.9. The molecule has 0 nitrogen and oxygen atoms in total. The first kappa shape index (κ1) is 25.3. The molecular weight excluding hydrogens is 348 g/mol. The van der Waals surface area contributed by atoms with E-state index in [-0.39, 0.29) is 0 Å². The Morgan fingerprint density at radius 3 is 1.90 bits per heavy atom. The average Bonchev–Trinajstić information content (AvgIpc) is 2.69. The molecule has 0 aliphatic heterocycles. The lowest BCUT2D eigenvalue weighted by atomic mass is 9.46. The highest BCUT2D eigenvalue weighted by Gasteiger charge is 2.53. The Kier molecular flexibility index (Phi) is 9.18. The Morgan fingerprint density at radius 2 is 1.41 bits per heavy atom. The fourth-order valence-electron chi connectivity index (χ4n) is 8.60. The Hall–Kier alpha value is 0. The lowest BCUT2D eigenvalue weighted by molar-refractivity contribution is -0.105. The summed E-state index contributed by atoms with van der Waals surface area (Å²) in [4.78, 5) is 0. The van der Waals surface area contributed by atoms with Crippen molar-refractivity contribution in [3.05, 3.63) is 0 Å². The van der Waals surface area contributed by atoms with Crippen LogP contribution in [0.5, 0.6) is 0 Å². The second-order valence-corrected chi connectivity index (χ2v) is 12.5. The molecule has 0 aromatic rings. The predicted octanol–water partition coefficient (Wildman–Crippen LogP) is 9.48. The van der Waals surface area contributed by atoms with Crippen molar-refractivity contribution in [3.8, 4) is 0 Å². The molecule has 0 bridgehead atoms. The van der Waals surface area contributed by atoms with E-state index in [1.807, 2.05) is 0 Å². The van der Waals surface area contributed by atoms with Gasteiger partial charge in [-0.15, -0.1) is 0 Å². The summed E-state index contributed by atoms with van der Waals surface area (Å²) in [5, 5.41) is 0. The zero-order valence-corrected chi connectivity index (χ0v) is 21.9. The second-order valence-electron chi connectivity index (χ2n) is 12.5. The zero-order chi connectivity index (χ0) is 21.9. The molecule has 2 aliphatic rings. The van der Waals surface area contributed by atoms with E-state index in [2.05, 4.69) is 69.2 Å². The maximum absolute atomic E-state index is 2.77. The van der Waals surface area contributed by atoms with E-state index in [1.165, 1.54) is 51.4 Å². The quantitative estimate of drug-likeness (QED) is 0.413. The maximum atomic E-state index is 2.77. The van der Waals surface area contributed by atoms with Crippen LogP contribution in [0.25, 0.3) is 0 Å². The van der Waals surface area contributed by atoms with Gasteiger partial charge in [-0.3, -0.25) is 0 Å². The van der Waals surface area contributed by atoms with Gasteiger partial charge in [0.1, 0.15) is 0 Å². The van der Waals surface area contributed by atoms with Crippen molar-refractivity contribution in [1.82, 2.24) is 0 Å². The number of hydrogen-bond donors (Lipinski definition) is 0. The maximum Gasteiger partial charge on any atom is -0.0236 e. The van der Waals surface area contributed by atoms with Crippen molar-refractivity contribution in [2.75, 3.05) is 0 Å². The molecule has 0 radical (unpaired) electrons. The SMILES string of the molecule is CCCC1CC(C(C)C)C(C)C(C)C(C)C(C)(C(C)C2CCCCC2)C1C(C)C. The molecule has 0 saturated heterocycles. The van der Waals surface area contributed by atoms with Crippen LogP contribution < -0.4 is 0 Å². The van der Waals surface area contributed by atoms with Crippen LogP contribution in [0.15, 0.2) is 0 Å². The van der Waals surface area contributed by atoms with E-state index >= 15 is 0 Å². The van der Waals surface area contributed by atoms with Crippen molar-refractivity contribution >= 4 is 0 Å². The fourth-order valence-corrected chi connectivity index (χ4v) is 8.60. The average molecular weight is 405 g/mol. The van der Waals surface area contributed by atoms with E-state index in [9.17, 15) is 0 Å². The minimum Gasteiger partial charge on any atom is -0.0654 e. The van der Waals surface area contributed by atoms with Crippen molar-refractivity contribution in [3.63, 3.8) is 0 Å². The van der Waals surface area contributed by atoms with Crippen molar-refractivity contribution in [2.24, 2.45) is 64.6 Å². The largest absolute Gasteiger partial charge is 0.0654 e. The highest BCUT2D eigenvalue weighted by atomic mass is 14.6. The molecular formula is C29H56. The highest BCUT2D eigenvalue weighted by Crippen LogP contribution is 2.59. The van der Waals surface area contributed by atoms with E-state index in [4.69, 9.17) is 0 Å². The smallest absolute Gasteiger partial charge is 0.0236 e. The van der Waals surface area contributed by atoms with Crippen LogP contribution in [0.1, 0.15) is 121 Å². The van der Waals surface area contributed by atoms with Crippen LogP contribution in [-0.2, 0) is 0 Å². The van der Waals surface area contributed by atoms with Gasteiger partial charge in [0.05, 0.1) is 0 Å². The van der Waals surface area contributed by atoms with Crippen LogP contribution >= 0.6 is 0 Å². The molecule has 2 saturated carbocycles. The van der Waals surface area contributed by atoms with Gasteiger partial charge in [0.15, 0.2) is 0 Å². The molecule has 2 aliphatic carbocycles. The molecule has 29 heavy (non-hydrogen) atoms. The Labute approximate surface area is 185 Å². The summed E-state index contributed by atoms with van der Waals surface area (Å²) in [6.45, 7) is 25.9. The van der Waals surface area contributed by atoms with Gasteiger partial charge in [0, 0.05) is 0 Å². The first-order chi connectivity index (χ1) is 13.6.